The second kappa shape index (κ2) is 33.8. The Morgan fingerprint density at radius 3 is 1.63 bits per heavy atom. The van der Waals surface area contributed by atoms with Crippen LogP contribution in [0.3, 0.4) is 0 Å². The van der Waals surface area contributed by atoms with Crippen LogP contribution in [0.5, 0.6) is 0 Å². The van der Waals surface area contributed by atoms with Gasteiger partial charge in [-0.3, -0.25) is 52.7 Å². The number of rotatable bonds is 36. The topological polar surface area (TPSA) is 541 Å². The standard InChI is InChI=1S/C46H70N14O18/c1-22(63)36(59-34(66)18-51-39(70)27(11-12-33(49)65)53-42(73)31(19-61)57-38(69)26(48)15-25-17-50-21-52-25)44(75)56-29(14-24-8-4-3-5-9-24)41(72)60-37(23(2)64)45(76)58-32(20-62)43(74)55-30(16-35(67)68)40(71)54-28(46(77)78)10-6-7-13-47/h3-5,8-9,17,21-23,26-32,36-37,61-64H,6-7,10-16,18-20,47-48H2,1-2H3,(H2,49,65)(H,50,52)(H,51,70)(H,53,73)(H,54,71)(H,55,74)(H,56,75)(H,57,69)(H,58,76)(H,59,66)(H,60,72)(H,67,68)(H,77,78)/t22-,23-,26-,27+,28+,29+,30+,31+,32+,36+,37+/m1/s1. The lowest BCUT2D eigenvalue weighted by atomic mass is 10.0. The number of unbranched alkanes of at least 4 members (excludes halogenated alkanes) is 1. The number of nitrogens with one attached hydrogen (secondary N) is 10. The first kappa shape index (κ1) is 65.9. The van der Waals surface area contributed by atoms with Gasteiger partial charge in [0, 0.05) is 25.5 Å². The van der Waals surface area contributed by atoms with Gasteiger partial charge in [-0.2, -0.15) is 0 Å². The minimum atomic E-state index is -1.97. The monoisotopic (exact) mass is 1110 g/mol. The quantitative estimate of drug-likeness (QED) is 0.0282. The van der Waals surface area contributed by atoms with E-state index in [1.165, 1.54) is 12.5 Å². The largest absolute Gasteiger partial charge is 0.481 e. The van der Waals surface area contributed by atoms with Gasteiger partial charge in [0.15, 0.2) is 0 Å². The highest BCUT2D eigenvalue weighted by atomic mass is 16.4. The Labute approximate surface area is 445 Å². The first-order chi connectivity index (χ1) is 36.8. The molecule has 2 rings (SSSR count). The maximum absolute atomic E-state index is 14.0. The Morgan fingerprint density at radius 1 is 0.603 bits per heavy atom. The van der Waals surface area contributed by atoms with E-state index in [1.807, 2.05) is 5.32 Å². The number of imidazole rings is 1. The molecule has 22 N–H and O–H groups in total. The van der Waals surface area contributed by atoms with Crippen molar-refractivity contribution in [3.8, 4) is 0 Å². The average Bonchev–Trinajstić information content (AvgIpc) is 3.90. The number of hydrogen-bond donors (Lipinski definition) is 19. The number of nitrogens with two attached hydrogens (primary N) is 3. The molecule has 32 nitrogen and oxygen atoms in total. The van der Waals surface area contributed by atoms with E-state index in [0.717, 1.165) is 13.8 Å². The lowest BCUT2D eigenvalue weighted by Crippen LogP contribution is -2.63. The third-order valence-electron chi connectivity index (χ3n) is 11.3. The van der Waals surface area contributed by atoms with Crippen LogP contribution < -0.4 is 65.1 Å². The van der Waals surface area contributed by atoms with E-state index in [4.69, 9.17) is 17.2 Å². The van der Waals surface area contributed by atoms with Gasteiger partial charge in [0.2, 0.25) is 59.1 Å². The Hall–Kier alpha value is -8.17. The predicted octanol–water partition coefficient (Wildman–Crippen LogP) is -8.78. The molecule has 432 valence electrons. The fourth-order valence-corrected chi connectivity index (χ4v) is 7.06. The van der Waals surface area contributed by atoms with Gasteiger partial charge in [-0.15, -0.1) is 0 Å². The number of aliphatic carboxylic acids is 2. The van der Waals surface area contributed by atoms with E-state index in [2.05, 4.69) is 52.5 Å². The van der Waals surface area contributed by atoms with Crippen LogP contribution in [0.25, 0.3) is 0 Å². The molecular formula is C46H70N14O18. The molecule has 0 aliphatic carbocycles. The summed E-state index contributed by atoms with van der Waals surface area (Å²) in [4.78, 5) is 162. The summed E-state index contributed by atoms with van der Waals surface area (Å²) < 4.78 is 0. The lowest BCUT2D eigenvalue weighted by molar-refractivity contribution is -0.144. The molecule has 0 spiro atoms. The zero-order chi connectivity index (χ0) is 58.6. The van der Waals surface area contributed by atoms with Gasteiger partial charge in [-0.1, -0.05) is 30.3 Å². The second-order valence-electron chi connectivity index (χ2n) is 17.7. The van der Waals surface area contributed by atoms with Gasteiger partial charge in [0.1, 0.15) is 48.3 Å². The number of aromatic nitrogens is 2. The van der Waals surface area contributed by atoms with Crippen molar-refractivity contribution in [2.45, 2.75) is 132 Å². The van der Waals surface area contributed by atoms with E-state index >= 15 is 0 Å². The van der Waals surface area contributed by atoms with Crippen LogP contribution in [-0.4, -0.2) is 205 Å². The number of hydrogen-bond acceptors (Lipinski definition) is 19. The highest BCUT2D eigenvalue weighted by Gasteiger charge is 2.37. The number of carbonyl (C=O) groups is 12. The SMILES string of the molecule is C[C@@H](O)[C@H](NC(=O)CNC(=O)[C@H](CCC(N)=O)NC(=O)[C@H](CO)NC(=O)[C@H](N)Cc1c[nH]cn1)C(=O)N[C@@H](Cc1ccccc1)C(=O)N[C@H](C(=O)N[C@@H](CO)C(=O)N[C@@H](CC(=O)O)C(=O)N[C@@H](CCCCN)C(=O)O)[C@@H](C)O. The van der Waals surface area contributed by atoms with E-state index in [-0.39, 0.29) is 32.2 Å². The first-order valence-electron chi connectivity index (χ1n) is 24.3. The van der Waals surface area contributed by atoms with Gasteiger partial charge in [0.05, 0.1) is 56.5 Å². The smallest absolute Gasteiger partial charge is 0.326 e. The minimum Gasteiger partial charge on any atom is -0.481 e. The summed E-state index contributed by atoms with van der Waals surface area (Å²) in [5, 5.41) is 79.9. The van der Waals surface area contributed by atoms with Crippen LogP contribution >= 0.6 is 0 Å². The molecule has 11 atom stereocenters. The first-order valence-corrected chi connectivity index (χ1v) is 24.3. The number of nitrogens with zero attached hydrogens (tertiary/aromatic N) is 1. The number of aliphatic hydroxyl groups is 4. The summed E-state index contributed by atoms with van der Waals surface area (Å²) in [6.45, 7) is -0.731. The highest BCUT2D eigenvalue weighted by molar-refractivity contribution is 5.99. The Morgan fingerprint density at radius 2 is 1.12 bits per heavy atom. The van der Waals surface area contributed by atoms with Crippen molar-refractivity contribution in [2.24, 2.45) is 17.2 Å². The summed E-state index contributed by atoms with van der Waals surface area (Å²) in [7, 11) is 0. The summed E-state index contributed by atoms with van der Waals surface area (Å²) in [5.74, 6) is -14.4. The van der Waals surface area contributed by atoms with Crippen molar-refractivity contribution in [1.82, 2.24) is 57.8 Å². The van der Waals surface area contributed by atoms with Crippen LogP contribution in [0, 0.1) is 0 Å². The average molecular weight is 1110 g/mol. The molecule has 32 heteroatoms. The second-order valence-corrected chi connectivity index (χ2v) is 17.7. The number of amides is 10. The Balaban J connectivity index is 2.24. The molecule has 10 amide bonds. The molecule has 0 unspecified atom stereocenters. The van der Waals surface area contributed by atoms with Crippen LogP contribution in [0.4, 0.5) is 0 Å². The molecule has 0 aliphatic rings. The van der Waals surface area contributed by atoms with Gasteiger partial charge in [0.25, 0.3) is 0 Å². The van der Waals surface area contributed by atoms with Crippen molar-refractivity contribution < 1.29 is 88.2 Å². The van der Waals surface area contributed by atoms with E-state index < -0.39 is 177 Å². The zero-order valence-corrected chi connectivity index (χ0v) is 42.6. The molecule has 0 bridgehead atoms. The van der Waals surface area contributed by atoms with Gasteiger partial charge < -0.3 is 101 Å². The summed E-state index contributed by atoms with van der Waals surface area (Å²) in [6.07, 6.45) is -2.39. The number of primary amides is 1. The zero-order valence-electron chi connectivity index (χ0n) is 42.6. The Kier molecular flexibility index (Phi) is 28.6. The predicted molar refractivity (Wildman–Crippen MR) is 268 cm³/mol. The maximum atomic E-state index is 14.0. The number of aliphatic hydroxyl groups excluding tert-OH is 4. The normalized spacial score (nSPS) is 15.2. The number of carboxylic acid groups (broad SMARTS) is 2. The molecule has 78 heavy (non-hydrogen) atoms. The van der Waals surface area contributed by atoms with E-state index in [0.29, 0.717) is 17.7 Å². The van der Waals surface area contributed by atoms with Gasteiger partial charge in [-0.25, -0.2) is 9.78 Å². The number of carbonyl (C=O) groups excluding carboxylic acids is 10. The molecule has 0 radical (unpaired) electrons. The van der Waals surface area contributed by atoms with Crippen LogP contribution in [0.2, 0.25) is 0 Å². The number of H-pyrrole nitrogens is 1. The molecule has 0 saturated carbocycles. The summed E-state index contributed by atoms with van der Waals surface area (Å²) >= 11 is 0. The van der Waals surface area contributed by atoms with E-state index in [9.17, 15) is 88.2 Å². The molecule has 2 aromatic rings. The van der Waals surface area contributed by atoms with Gasteiger partial charge >= 0.3 is 11.9 Å². The van der Waals surface area contributed by atoms with Crippen LogP contribution in [0.1, 0.15) is 63.6 Å². The summed E-state index contributed by atoms with van der Waals surface area (Å²) in [6, 6.07) is -7.45. The van der Waals surface area contributed by atoms with Crippen LogP contribution in [0.15, 0.2) is 42.9 Å². The van der Waals surface area contributed by atoms with Crippen molar-refractivity contribution in [3.05, 3.63) is 54.1 Å². The fourth-order valence-electron chi connectivity index (χ4n) is 7.06. The maximum Gasteiger partial charge on any atom is 0.326 e. The molecule has 1 aromatic carbocycles. The molecule has 1 aromatic heterocycles. The minimum absolute atomic E-state index is 0.0441. The molecular weight excluding hydrogens is 1040 g/mol. The van der Waals surface area contributed by atoms with Crippen molar-refractivity contribution >= 4 is 71.0 Å². The molecule has 0 saturated heterocycles. The molecule has 0 fully saturated rings. The summed E-state index contributed by atoms with van der Waals surface area (Å²) in [5.41, 5.74) is 17.4. The number of benzene rings is 1. The molecule has 1 heterocycles. The van der Waals surface area contributed by atoms with Crippen molar-refractivity contribution in [1.29, 1.82) is 0 Å². The highest BCUT2D eigenvalue weighted by Crippen LogP contribution is 2.09. The number of carboxylic acids is 2. The third-order valence-corrected chi connectivity index (χ3v) is 11.3. The van der Waals surface area contributed by atoms with E-state index in [1.54, 1.807) is 30.3 Å². The molecule has 0 aliphatic heterocycles. The van der Waals surface area contributed by atoms with Crippen molar-refractivity contribution in [3.63, 3.8) is 0 Å². The Bertz CT molecular complexity index is 2360. The van der Waals surface area contributed by atoms with Crippen molar-refractivity contribution in [2.75, 3.05) is 26.3 Å². The third kappa shape index (κ3) is 23.4. The fraction of sp³-hybridized carbons (Fsp3) is 0.543. The lowest BCUT2D eigenvalue weighted by Gasteiger charge is -2.28. The van der Waals surface area contributed by atoms with Gasteiger partial charge in [-0.05, 0) is 51.6 Å². The number of aromatic amines is 1. The van der Waals surface area contributed by atoms with Crippen LogP contribution in [-0.2, 0) is 70.4 Å².